The molecule has 0 atom stereocenters. The Morgan fingerprint density at radius 2 is 2.55 bits per heavy atom. The van der Waals surface area contributed by atoms with Crippen molar-refractivity contribution in [3.05, 3.63) is 18.0 Å². The second-order valence-corrected chi connectivity index (χ2v) is 3.81. The molecular formula is C8H12N2S. The lowest BCUT2D eigenvalue weighted by atomic mass is 10.3. The zero-order valence-electron chi connectivity index (χ0n) is 6.66. The molecule has 1 aliphatic rings. The predicted molar refractivity (Wildman–Crippen MR) is 47.7 cm³/mol. The molecule has 1 saturated carbocycles. The van der Waals surface area contributed by atoms with Crippen LogP contribution in [0, 0.1) is 0 Å². The van der Waals surface area contributed by atoms with E-state index in [4.69, 9.17) is 0 Å². The van der Waals surface area contributed by atoms with E-state index >= 15 is 0 Å². The van der Waals surface area contributed by atoms with Gasteiger partial charge in [0.25, 0.3) is 0 Å². The highest BCUT2D eigenvalue weighted by atomic mass is 32.2. The van der Waals surface area contributed by atoms with Gasteiger partial charge in [-0.1, -0.05) is 0 Å². The van der Waals surface area contributed by atoms with Crippen molar-refractivity contribution in [2.24, 2.45) is 0 Å². The van der Waals surface area contributed by atoms with E-state index in [0.29, 0.717) is 0 Å². The quantitative estimate of drug-likeness (QED) is 0.687. The van der Waals surface area contributed by atoms with Crippen LogP contribution in [0.15, 0.2) is 12.3 Å². The fourth-order valence-corrected chi connectivity index (χ4v) is 1.59. The van der Waals surface area contributed by atoms with E-state index < -0.39 is 0 Å². The topological polar surface area (TPSA) is 17.8 Å². The Bertz CT molecular complexity index is 240. The zero-order valence-corrected chi connectivity index (χ0v) is 7.47. The molecule has 1 aromatic heterocycles. The summed E-state index contributed by atoms with van der Waals surface area (Å²) in [7, 11) is 0. The third-order valence-electron chi connectivity index (χ3n) is 1.92. The number of aromatic nitrogens is 2. The second-order valence-electron chi connectivity index (χ2n) is 2.97. The molecule has 60 valence electrons. The van der Waals surface area contributed by atoms with Gasteiger partial charge in [0.15, 0.2) is 0 Å². The summed E-state index contributed by atoms with van der Waals surface area (Å²) in [5.41, 5.74) is 1.29. The van der Waals surface area contributed by atoms with Crippen molar-refractivity contribution in [3.63, 3.8) is 0 Å². The molecule has 1 fully saturated rings. The van der Waals surface area contributed by atoms with Crippen molar-refractivity contribution in [1.82, 2.24) is 9.78 Å². The molecule has 1 aromatic rings. The molecule has 0 N–H and O–H groups in total. The molecule has 1 aliphatic carbocycles. The smallest absolute Gasteiger partial charge is 0.0860 e. The Morgan fingerprint density at radius 1 is 1.73 bits per heavy atom. The molecular weight excluding hydrogens is 156 g/mol. The van der Waals surface area contributed by atoms with Crippen LogP contribution in [0.4, 0.5) is 0 Å². The number of hydrogen-bond donors (Lipinski definition) is 0. The van der Waals surface area contributed by atoms with Gasteiger partial charge in [0.05, 0.1) is 11.6 Å². The van der Waals surface area contributed by atoms with Crippen molar-refractivity contribution in [3.8, 4) is 0 Å². The lowest BCUT2D eigenvalue weighted by molar-refractivity contribution is 0.730. The van der Waals surface area contributed by atoms with Crippen LogP contribution in [0.1, 0.15) is 24.5 Å². The maximum Gasteiger partial charge on any atom is 0.0860 e. The summed E-state index contributed by atoms with van der Waals surface area (Å²) in [6.45, 7) is 0. The van der Waals surface area contributed by atoms with Crippen molar-refractivity contribution < 1.29 is 0 Å². The number of rotatable bonds is 3. The summed E-state index contributed by atoms with van der Waals surface area (Å²) >= 11 is 1.80. The van der Waals surface area contributed by atoms with E-state index in [9.17, 15) is 0 Å². The molecule has 0 spiro atoms. The molecule has 0 amide bonds. The van der Waals surface area contributed by atoms with Crippen molar-refractivity contribution in [2.75, 3.05) is 6.26 Å². The van der Waals surface area contributed by atoms with E-state index in [1.165, 1.54) is 18.5 Å². The monoisotopic (exact) mass is 168 g/mol. The van der Waals surface area contributed by atoms with Gasteiger partial charge in [-0.25, -0.2) is 0 Å². The van der Waals surface area contributed by atoms with Gasteiger partial charge >= 0.3 is 0 Å². The Kier molecular flexibility index (Phi) is 1.90. The van der Waals surface area contributed by atoms with Gasteiger partial charge in [-0.05, 0) is 25.2 Å². The van der Waals surface area contributed by atoms with E-state index in [1.54, 1.807) is 11.8 Å². The summed E-state index contributed by atoms with van der Waals surface area (Å²) in [6.07, 6.45) is 6.86. The molecule has 0 bridgehead atoms. The van der Waals surface area contributed by atoms with Crippen LogP contribution in [-0.2, 0) is 5.88 Å². The highest BCUT2D eigenvalue weighted by molar-refractivity contribution is 7.97. The first kappa shape index (κ1) is 7.22. The minimum Gasteiger partial charge on any atom is -0.263 e. The van der Waals surface area contributed by atoms with Gasteiger partial charge in [-0.2, -0.15) is 5.10 Å². The van der Waals surface area contributed by atoms with Gasteiger partial charge in [-0.15, -0.1) is 11.8 Å². The Labute approximate surface area is 71.0 Å². The van der Waals surface area contributed by atoms with Gasteiger partial charge in [0.1, 0.15) is 0 Å². The molecule has 0 aromatic carbocycles. The predicted octanol–water partition coefficient (Wildman–Crippen LogP) is 2.08. The maximum atomic E-state index is 4.46. The van der Waals surface area contributed by atoms with E-state index in [2.05, 4.69) is 23.6 Å². The average Bonchev–Trinajstić information content (AvgIpc) is 2.75. The highest BCUT2D eigenvalue weighted by Crippen LogP contribution is 2.38. The molecule has 0 aliphatic heterocycles. The summed E-state index contributed by atoms with van der Waals surface area (Å²) in [5.74, 6) is 1.77. The fraction of sp³-hybridized carbons (Fsp3) is 0.625. The molecule has 11 heavy (non-hydrogen) atoms. The third kappa shape index (κ3) is 1.59. The average molecular weight is 168 g/mol. The van der Waals surface area contributed by atoms with Gasteiger partial charge < -0.3 is 0 Å². The van der Waals surface area contributed by atoms with Crippen LogP contribution in [0.2, 0.25) is 0 Å². The maximum absolute atomic E-state index is 4.46. The van der Waals surface area contributed by atoms with Gasteiger partial charge in [0, 0.05) is 12.1 Å². The van der Waals surface area contributed by atoms with Gasteiger partial charge in [0.2, 0.25) is 0 Å². The minimum atomic E-state index is 0.790. The Hall–Kier alpha value is -0.440. The van der Waals surface area contributed by atoms with Crippen LogP contribution in [0.5, 0.6) is 0 Å². The minimum absolute atomic E-state index is 0.790. The summed E-state index contributed by atoms with van der Waals surface area (Å²) in [6, 6.07) is 2.15. The van der Waals surface area contributed by atoms with Crippen molar-refractivity contribution >= 4 is 11.8 Å². The first-order valence-corrected chi connectivity index (χ1v) is 5.32. The van der Waals surface area contributed by atoms with E-state index in [1.807, 2.05) is 4.68 Å². The van der Waals surface area contributed by atoms with Gasteiger partial charge in [-0.3, -0.25) is 4.68 Å². The molecule has 2 rings (SSSR count). The van der Waals surface area contributed by atoms with Crippen molar-refractivity contribution in [1.29, 1.82) is 0 Å². The molecule has 3 heteroatoms. The summed E-state index contributed by atoms with van der Waals surface area (Å²) in [5, 5.41) is 4.46. The normalized spacial score (nSPS) is 17.2. The van der Waals surface area contributed by atoms with E-state index in [-0.39, 0.29) is 0 Å². The van der Waals surface area contributed by atoms with Crippen LogP contribution in [0.25, 0.3) is 0 Å². The van der Waals surface area contributed by atoms with Crippen LogP contribution >= 0.6 is 11.8 Å². The van der Waals surface area contributed by atoms with Crippen LogP contribution < -0.4 is 0 Å². The number of nitrogens with zero attached hydrogens (tertiary/aromatic N) is 2. The second kappa shape index (κ2) is 2.89. The van der Waals surface area contributed by atoms with Crippen molar-refractivity contribution in [2.45, 2.75) is 24.6 Å². The summed E-state index contributed by atoms with van der Waals surface area (Å²) in [4.78, 5) is 0. The largest absolute Gasteiger partial charge is 0.263 e. The molecule has 2 nitrogen and oxygen atoms in total. The number of hydrogen-bond acceptors (Lipinski definition) is 2. The summed E-state index contributed by atoms with van der Waals surface area (Å²) < 4.78 is 2.01. The Morgan fingerprint density at radius 3 is 3.18 bits per heavy atom. The molecule has 0 radical (unpaired) electrons. The molecule has 0 unspecified atom stereocenters. The van der Waals surface area contributed by atoms with E-state index in [0.717, 1.165) is 11.8 Å². The lowest BCUT2D eigenvalue weighted by Crippen LogP contribution is -1.94. The third-order valence-corrected chi connectivity index (χ3v) is 2.44. The fourth-order valence-electron chi connectivity index (χ4n) is 1.18. The number of thioether (sulfide) groups is 1. The molecule has 0 saturated heterocycles. The Balaban J connectivity index is 2.06. The first-order chi connectivity index (χ1) is 5.40. The zero-order chi connectivity index (χ0) is 7.68. The van der Waals surface area contributed by atoms with Crippen LogP contribution in [-0.4, -0.2) is 16.0 Å². The highest BCUT2D eigenvalue weighted by Gasteiger charge is 2.25. The molecule has 1 heterocycles. The SMILES string of the molecule is CSCn1ccc(C2CC2)n1. The lowest BCUT2D eigenvalue weighted by Gasteiger charge is -1.94. The van der Waals surface area contributed by atoms with Crippen LogP contribution in [0.3, 0.4) is 0 Å². The first-order valence-electron chi connectivity index (χ1n) is 3.92. The standard InChI is InChI=1S/C8H12N2S/c1-11-6-10-5-4-8(9-10)7-2-3-7/h4-5,7H,2-3,6H2,1H3.